The molecular weight excluding hydrogens is 364 g/mol. The fraction of sp³-hybridized carbons (Fsp3) is 0.0526. The summed E-state index contributed by atoms with van der Waals surface area (Å²) in [6, 6.07) is 10.6. The molecule has 4 N–H and O–H groups in total. The zero-order valence-electron chi connectivity index (χ0n) is 14.4. The van der Waals surface area contributed by atoms with Crippen molar-refractivity contribution >= 4 is 22.8 Å². The molecule has 28 heavy (non-hydrogen) atoms. The van der Waals surface area contributed by atoms with Crippen LogP contribution in [0.15, 0.2) is 42.7 Å². The van der Waals surface area contributed by atoms with E-state index >= 15 is 0 Å². The number of aromatic nitrogens is 4. The Labute approximate surface area is 157 Å². The van der Waals surface area contributed by atoms with Crippen LogP contribution in [0, 0.1) is 23.0 Å². The van der Waals surface area contributed by atoms with Crippen LogP contribution in [0.5, 0.6) is 0 Å². The van der Waals surface area contributed by atoms with Crippen LogP contribution in [0.25, 0.3) is 22.4 Å². The summed E-state index contributed by atoms with van der Waals surface area (Å²) >= 11 is 0. The SMILES string of the molecule is N#Cc1cccc(-c2nc(N)nc3c2ncn3Cc2ccc(N)cc2F)c1F. The molecule has 0 aliphatic heterocycles. The maximum absolute atomic E-state index is 14.6. The molecule has 2 aromatic carbocycles. The second-order valence-electron chi connectivity index (χ2n) is 6.10. The van der Waals surface area contributed by atoms with E-state index in [1.165, 1.54) is 24.5 Å². The Morgan fingerprint density at radius 1 is 1.11 bits per heavy atom. The van der Waals surface area contributed by atoms with Crippen LogP contribution in [0.3, 0.4) is 0 Å². The molecule has 4 rings (SSSR count). The predicted molar refractivity (Wildman–Crippen MR) is 99.8 cm³/mol. The van der Waals surface area contributed by atoms with Crippen LogP contribution >= 0.6 is 0 Å². The second kappa shape index (κ2) is 6.59. The molecule has 0 radical (unpaired) electrons. The summed E-state index contributed by atoms with van der Waals surface area (Å²) in [5.74, 6) is -1.27. The van der Waals surface area contributed by atoms with Crippen molar-refractivity contribution < 1.29 is 8.78 Å². The number of fused-ring (bicyclic) bond motifs is 1. The maximum atomic E-state index is 14.6. The zero-order valence-corrected chi connectivity index (χ0v) is 14.4. The van der Waals surface area contributed by atoms with Gasteiger partial charge in [0.15, 0.2) is 5.65 Å². The van der Waals surface area contributed by atoms with Crippen LogP contribution in [0.4, 0.5) is 20.4 Å². The van der Waals surface area contributed by atoms with Gasteiger partial charge in [0.1, 0.15) is 28.9 Å². The number of hydrogen-bond acceptors (Lipinski definition) is 6. The maximum Gasteiger partial charge on any atom is 0.222 e. The minimum atomic E-state index is -0.719. The van der Waals surface area contributed by atoms with Gasteiger partial charge < -0.3 is 16.0 Å². The number of nitrogen functional groups attached to an aromatic ring is 2. The molecule has 0 amide bonds. The lowest BCUT2D eigenvalue weighted by Gasteiger charge is -2.08. The van der Waals surface area contributed by atoms with E-state index in [-0.39, 0.29) is 29.3 Å². The third-order valence-electron chi connectivity index (χ3n) is 4.27. The molecule has 9 heteroatoms. The van der Waals surface area contributed by atoms with Crippen LogP contribution in [0.1, 0.15) is 11.1 Å². The number of benzene rings is 2. The van der Waals surface area contributed by atoms with Crippen molar-refractivity contribution in [1.82, 2.24) is 19.5 Å². The first-order valence-corrected chi connectivity index (χ1v) is 8.19. The van der Waals surface area contributed by atoms with E-state index in [0.717, 1.165) is 0 Å². The van der Waals surface area contributed by atoms with Crippen molar-refractivity contribution in [3.05, 3.63) is 65.5 Å². The normalized spacial score (nSPS) is 10.9. The van der Waals surface area contributed by atoms with Gasteiger partial charge in [0.25, 0.3) is 0 Å². The van der Waals surface area contributed by atoms with E-state index in [9.17, 15) is 8.78 Å². The molecule has 2 aromatic heterocycles. The number of nitrogens with zero attached hydrogens (tertiary/aromatic N) is 5. The summed E-state index contributed by atoms with van der Waals surface area (Å²) in [6.07, 6.45) is 1.45. The van der Waals surface area contributed by atoms with Gasteiger partial charge >= 0.3 is 0 Å². The minimum Gasteiger partial charge on any atom is -0.399 e. The standard InChI is InChI=1S/C19H13F2N7/c20-14-6-12(23)5-4-11(14)8-28-9-25-17-16(26-19(24)27-18(17)28)13-3-1-2-10(7-22)15(13)21/h1-6,9H,8,23H2,(H2,24,26,27). The first-order valence-electron chi connectivity index (χ1n) is 8.19. The van der Waals surface area contributed by atoms with Gasteiger partial charge in [-0.25, -0.2) is 18.7 Å². The molecule has 138 valence electrons. The van der Waals surface area contributed by atoms with E-state index < -0.39 is 11.6 Å². The fourth-order valence-electron chi connectivity index (χ4n) is 2.94. The summed E-state index contributed by atoms with van der Waals surface area (Å²) in [6.45, 7) is 0.124. The van der Waals surface area contributed by atoms with Gasteiger partial charge in [-0.3, -0.25) is 0 Å². The fourth-order valence-corrected chi connectivity index (χ4v) is 2.94. The minimum absolute atomic E-state index is 0.0852. The van der Waals surface area contributed by atoms with Crippen molar-refractivity contribution in [3.8, 4) is 17.3 Å². The molecular formula is C19H13F2N7. The lowest BCUT2D eigenvalue weighted by Crippen LogP contribution is -2.05. The number of imidazole rings is 1. The predicted octanol–water partition coefficient (Wildman–Crippen LogP) is 2.86. The highest BCUT2D eigenvalue weighted by Crippen LogP contribution is 2.29. The van der Waals surface area contributed by atoms with Crippen molar-refractivity contribution in [1.29, 1.82) is 5.26 Å². The van der Waals surface area contributed by atoms with Crippen molar-refractivity contribution in [2.24, 2.45) is 0 Å². The number of hydrogen-bond donors (Lipinski definition) is 2. The van der Waals surface area contributed by atoms with Gasteiger partial charge in [-0.05, 0) is 24.3 Å². The van der Waals surface area contributed by atoms with Crippen LogP contribution in [-0.2, 0) is 6.54 Å². The van der Waals surface area contributed by atoms with Crippen molar-refractivity contribution in [2.75, 3.05) is 11.5 Å². The van der Waals surface area contributed by atoms with Gasteiger partial charge in [0.05, 0.1) is 18.4 Å². The van der Waals surface area contributed by atoms with E-state index in [4.69, 9.17) is 16.7 Å². The third kappa shape index (κ3) is 2.87. The third-order valence-corrected chi connectivity index (χ3v) is 4.27. The number of anilines is 2. The highest BCUT2D eigenvalue weighted by Gasteiger charge is 2.19. The number of rotatable bonds is 3. The molecule has 0 aliphatic rings. The molecule has 0 saturated heterocycles. The molecule has 7 nitrogen and oxygen atoms in total. The van der Waals surface area contributed by atoms with Gasteiger partial charge in [-0.2, -0.15) is 10.2 Å². The summed E-state index contributed by atoms with van der Waals surface area (Å²) in [5.41, 5.74) is 12.8. The lowest BCUT2D eigenvalue weighted by atomic mass is 10.1. The molecule has 0 unspecified atom stereocenters. The second-order valence-corrected chi connectivity index (χ2v) is 6.10. The Balaban J connectivity index is 1.87. The Bertz CT molecular complexity index is 1260. The molecule has 4 aromatic rings. The Hall–Kier alpha value is -4.06. The van der Waals surface area contributed by atoms with Crippen molar-refractivity contribution in [3.63, 3.8) is 0 Å². The van der Waals surface area contributed by atoms with Crippen LogP contribution in [-0.4, -0.2) is 19.5 Å². The first kappa shape index (κ1) is 17.4. The monoisotopic (exact) mass is 377 g/mol. The van der Waals surface area contributed by atoms with Gasteiger partial charge in [0, 0.05) is 16.8 Å². The smallest absolute Gasteiger partial charge is 0.222 e. The Kier molecular flexibility index (Phi) is 4.08. The largest absolute Gasteiger partial charge is 0.399 e. The summed E-state index contributed by atoms with van der Waals surface area (Å²) in [4.78, 5) is 12.5. The number of nitrogens with two attached hydrogens (primary N) is 2. The zero-order chi connectivity index (χ0) is 19.8. The molecule has 2 heterocycles. The highest BCUT2D eigenvalue weighted by molar-refractivity contribution is 5.88. The number of halogens is 2. The van der Waals surface area contributed by atoms with E-state index in [1.807, 2.05) is 0 Å². The summed E-state index contributed by atoms with van der Waals surface area (Å²) in [5, 5.41) is 9.06. The molecule has 0 bridgehead atoms. The van der Waals surface area contributed by atoms with Crippen LogP contribution in [0.2, 0.25) is 0 Å². The number of nitriles is 1. The molecule has 0 saturated carbocycles. The van der Waals surface area contributed by atoms with E-state index in [2.05, 4.69) is 15.0 Å². The first-order chi connectivity index (χ1) is 13.5. The molecule has 0 aliphatic carbocycles. The van der Waals surface area contributed by atoms with Gasteiger partial charge in [-0.1, -0.05) is 12.1 Å². The molecule has 0 spiro atoms. The Morgan fingerprint density at radius 2 is 1.93 bits per heavy atom. The quantitative estimate of drug-likeness (QED) is 0.530. The average Bonchev–Trinajstić information content (AvgIpc) is 3.06. The van der Waals surface area contributed by atoms with Crippen LogP contribution < -0.4 is 11.5 Å². The Morgan fingerprint density at radius 3 is 2.68 bits per heavy atom. The van der Waals surface area contributed by atoms with E-state index in [0.29, 0.717) is 22.4 Å². The molecule has 0 atom stereocenters. The summed E-state index contributed by atoms with van der Waals surface area (Å²) in [7, 11) is 0. The highest BCUT2D eigenvalue weighted by atomic mass is 19.1. The van der Waals surface area contributed by atoms with Gasteiger partial charge in [-0.15, -0.1) is 0 Å². The van der Waals surface area contributed by atoms with Crippen molar-refractivity contribution in [2.45, 2.75) is 6.54 Å². The topological polar surface area (TPSA) is 119 Å². The van der Waals surface area contributed by atoms with Gasteiger partial charge in [0.2, 0.25) is 5.95 Å². The lowest BCUT2D eigenvalue weighted by molar-refractivity contribution is 0.602. The van der Waals surface area contributed by atoms with E-state index in [1.54, 1.807) is 28.8 Å². The average molecular weight is 377 g/mol. The summed E-state index contributed by atoms with van der Waals surface area (Å²) < 4.78 is 30.4. The molecule has 0 fully saturated rings.